The Balaban J connectivity index is 1.98. The third-order valence-corrected chi connectivity index (χ3v) is 5.93. The number of aryl methyl sites for hydroxylation is 2. The van der Waals surface area contributed by atoms with E-state index >= 15 is 0 Å². The van der Waals surface area contributed by atoms with Crippen LogP contribution in [0.3, 0.4) is 0 Å². The maximum atomic E-state index is 13.1. The van der Waals surface area contributed by atoms with Gasteiger partial charge in [0, 0.05) is 17.7 Å². The Morgan fingerprint density at radius 3 is 2.44 bits per heavy atom. The van der Waals surface area contributed by atoms with Gasteiger partial charge in [-0.15, -0.1) is 0 Å². The Morgan fingerprint density at radius 2 is 1.75 bits per heavy atom. The van der Waals surface area contributed by atoms with Gasteiger partial charge in [0.05, 0.1) is 22.5 Å². The van der Waals surface area contributed by atoms with E-state index in [2.05, 4.69) is 15.2 Å². The van der Waals surface area contributed by atoms with Gasteiger partial charge in [0.25, 0.3) is 15.7 Å². The topological polar surface area (TPSA) is 154 Å². The Kier molecular flexibility index (Phi) is 6.30. The van der Waals surface area contributed by atoms with E-state index in [-0.39, 0.29) is 21.9 Å². The highest BCUT2D eigenvalue weighted by Gasteiger charge is 2.23. The lowest BCUT2D eigenvalue weighted by atomic mass is 10.1. The van der Waals surface area contributed by atoms with Crippen LogP contribution in [0, 0.1) is 24.0 Å². The lowest BCUT2D eigenvalue weighted by Gasteiger charge is -2.14. The average molecular weight is 456 g/mol. The van der Waals surface area contributed by atoms with Crippen molar-refractivity contribution in [2.75, 3.05) is 10.1 Å². The predicted molar refractivity (Wildman–Crippen MR) is 121 cm³/mol. The molecule has 10 nitrogen and oxygen atoms in total. The van der Waals surface area contributed by atoms with Crippen LogP contribution in [0.1, 0.15) is 16.7 Å². The Bertz CT molecular complexity index is 1320. The van der Waals surface area contributed by atoms with Gasteiger partial charge in [-0.3, -0.25) is 20.3 Å². The summed E-state index contributed by atoms with van der Waals surface area (Å²) in [5, 5.41) is 34.5. The molecule has 0 aliphatic carbocycles. The van der Waals surface area contributed by atoms with Crippen LogP contribution in [0.5, 0.6) is 11.5 Å². The van der Waals surface area contributed by atoms with Gasteiger partial charge >= 0.3 is 0 Å². The van der Waals surface area contributed by atoms with Crippen LogP contribution < -0.4 is 10.1 Å². The first-order chi connectivity index (χ1) is 15.1. The highest BCUT2D eigenvalue weighted by molar-refractivity contribution is 7.92. The summed E-state index contributed by atoms with van der Waals surface area (Å²) in [6.07, 6.45) is 1.17. The Labute approximate surface area is 184 Å². The molecule has 0 bridgehead atoms. The minimum atomic E-state index is -4.23. The lowest BCUT2D eigenvalue weighted by molar-refractivity contribution is -0.385. The zero-order valence-electron chi connectivity index (χ0n) is 17.1. The van der Waals surface area contributed by atoms with Gasteiger partial charge in [0.15, 0.2) is 11.5 Å². The molecule has 0 spiro atoms. The Hall–Kier alpha value is -4.12. The molecular formula is C21H20N4O6S. The van der Waals surface area contributed by atoms with Crippen LogP contribution in [0.25, 0.3) is 0 Å². The molecule has 3 rings (SSSR count). The second-order valence-electron chi connectivity index (χ2n) is 6.95. The molecule has 3 aromatic carbocycles. The molecule has 4 N–H and O–H groups in total. The number of hydrogen-bond acceptors (Lipinski definition) is 8. The third-order valence-electron chi connectivity index (χ3n) is 4.53. The summed E-state index contributed by atoms with van der Waals surface area (Å²) in [4.78, 5) is 10.1. The Morgan fingerprint density at radius 1 is 1.03 bits per heavy atom. The zero-order chi connectivity index (χ0) is 23.5. The highest BCUT2D eigenvalue weighted by atomic mass is 32.2. The number of para-hydroxylation sites is 1. The maximum absolute atomic E-state index is 13.1. The van der Waals surface area contributed by atoms with Crippen molar-refractivity contribution in [3.8, 4) is 11.5 Å². The SMILES string of the molecule is Cc1ccc(NS(=O)(=O)c2cc([N+](=O)[O-])ccc2N/N=C/c2cccc(O)c2O)c(C)c1. The number of anilines is 2. The number of nitro groups is 1. The van der Waals surface area contributed by atoms with Crippen molar-refractivity contribution in [2.45, 2.75) is 18.7 Å². The van der Waals surface area contributed by atoms with Crippen molar-refractivity contribution in [3.05, 3.63) is 81.4 Å². The molecule has 32 heavy (non-hydrogen) atoms. The number of nitrogens with zero attached hydrogens (tertiary/aromatic N) is 2. The van der Waals surface area contributed by atoms with Crippen LogP contribution in [0.2, 0.25) is 0 Å². The summed E-state index contributed by atoms with van der Waals surface area (Å²) >= 11 is 0. The normalized spacial score (nSPS) is 11.4. The van der Waals surface area contributed by atoms with Crippen molar-refractivity contribution >= 4 is 33.3 Å². The molecule has 0 heterocycles. The summed E-state index contributed by atoms with van der Waals surface area (Å²) in [7, 11) is -4.23. The van der Waals surface area contributed by atoms with Gasteiger partial charge in [0.1, 0.15) is 4.90 Å². The van der Waals surface area contributed by atoms with E-state index in [1.807, 2.05) is 6.92 Å². The first-order valence-corrected chi connectivity index (χ1v) is 10.8. The summed E-state index contributed by atoms with van der Waals surface area (Å²) in [6.45, 7) is 3.61. The molecule has 0 aliphatic rings. The summed E-state index contributed by atoms with van der Waals surface area (Å²) < 4.78 is 28.6. The molecule has 0 radical (unpaired) electrons. The number of phenolic OH excluding ortho intramolecular Hbond substituents is 2. The van der Waals surface area contributed by atoms with Crippen LogP contribution in [-0.2, 0) is 10.0 Å². The van der Waals surface area contributed by atoms with Gasteiger partial charge in [-0.1, -0.05) is 23.8 Å². The van der Waals surface area contributed by atoms with E-state index in [1.54, 1.807) is 25.1 Å². The standard InChI is InChI=1S/C21H20N4O6S/c1-13-6-8-17(14(2)10-13)24-32(30,31)20-11-16(25(28)29)7-9-18(20)23-22-12-15-4-3-5-19(26)21(15)27/h3-12,23-24,26-27H,1-2H3/b22-12+. The summed E-state index contributed by atoms with van der Waals surface area (Å²) in [6, 6.07) is 12.7. The molecule has 166 valence electrons. The van der Waals surface area contributed by atoms with E-state index in [0.29, 0.717) is 11.3 Å². The number of benzene rings is 3. The lowest BCUT2D eigenvalue weighted by Crippen LogP contribution is -2.16. The number of nitrogens with one attached hydrogen (secondary N) is 2. The van der Waals surface area contributed by atoms with Crippen LogP contribution in [-0.4, -0.2) is 29.8 Å². The number of hydrogen-bond donors (Lipinski definition) is 4. The number of nitro benzene ring substituents is 1. The predicted octanol–water partition coefficient (Wildman–Crippen LogP) is 3.87. The molecule has 0 fully saturated rings. The summed E-state index contributed by atoms with van der Waals surface area (Å²) in [5.41, 5.74) is 4.24. The molecule has 0 aromatic heterocycles. The second kappa shape index (κ2) is 8.94. The number of hydrazone groups is 1. The molecule has 0 aliphatic heterocycles. The van der Waals surface area contributed by atoms with E-state index in [4.69, 9.17) is 0 Å². The highest BCUT2D eigenvalue weighted by Crippen LogP contribution is 2.30. The van der Waals surface area contributed by atoms with Crippen LogP contribution in [0.15, 0.2) is 64.6 Å². The molecule has 3 aromatic rings. The maximum Gasteiger partial charge on any atom is 0.270 e. The quantitative estimate of drug-likeness (QED) is 0.182. The van der Waals surface area contributed by atoms with Crippen molar-refractivity contribution in [2.24, 2.45) is 5.10 Å². The number of non-ortho nitro benzene ring substituents is 1. The largest absolute Gasteiger partial charge is 0.504 e. The first kappa shape index (κ1) is 22.6. The molecule has 0 atom stereocenters. The van der Waals surface area contributed by atoms with Gasteiger partial charge in [-0.25, -0.2) is 8.42 Å². The van der Waals surface area contributed by atoms with E-state index in [9.17, 15) is 28.7 Å². The van der Waals surface area contributed by atoms with E-state index < -0.39 is 26.4 Å². The minimum absolute atomic E-state index is 0.0243. The van der Waals surface area contributed by atoms with E-state index in [0.717, 1.165) is 17.7 Å². The fourth-order valence-corrected chi connectivity index (χ4v) is 4.20. The molecule has 11 heteroatoms. The van der Waals surface area contributed by atoms with Crippen molar-refractivity contribution in [1.29, 1.82) is 0 Å². The monoisotopic (exact) mass is 456 g/mol. The number of rotatable bonds is 7. The molecule has 0 saturated heterocycles. The smallest absolute Gasteiger partial charge is 0.270 e. The molecular weight excluding hydrogens is 436 g/mol. The molecule has 0 amide bonds. The van der Waals surface area contributed by atoms with Crippen LogP contribution in [0.4, 0.5) is 17.1 Å². The van der Waals surface area contributed by atoms with Crippen molar-refractivity contribution in [3.63, 3.8) is 0 Å². The number of phenols is 2. The molecule has 0 saturated carbocycles. The van der Waals surface area contributed by atoms with Gasteiger partial charge in [0.2, 0.25) is 0 Å². The zero-order valence-corrected chi connectivity index (χ0v) is 17.9. The third kappa shape index (κ3) is 4.95. The number of aromatic hydroxyl groups is 2. The van der Waals surface area contributed by atoms with Gasteiger partial charge in [-0.05, 0) is 43.7 Å². The van der Waals surface area contributed by atoms with Crippen molar-refractivity contribution in [1.82, 2.24) is 0 Å². The van der Waals surface area contributed by atoms with E-state index in [1.165, 1.54) is 30.5 Å². The van der Waals surface area contributed by atoms with Crippen LogP contribution >= 0.6 is 0 Å². The van der Waals surface area contributed by atoms with Crippen molar-refractivity contribution < 1.29 is 23.6 Å². The first-order valence-electron chi connectivity index (χ1n) is 9.27. The fraction of sp³-hybridized carbons (Fsp3) is 0.0952. The average Bonchev–Trinajstić information content (AvgIpc) is 2.73. The number of sulfonamides is 1. The second-order valence-corrected chi connectivity index (χ2v) is 8.60. The van der Waals surface area contributed by atoms with Gasteiger partial charge < -0.3 is 10.2 Å². The minimum Gasteiger partial charge on any atom is -0.504 e. The fourth-order valence-electron chi connectivity index (χ4n) is 2.89. The molecule has 0 unspecified atom stereocenters. The summed E-state index contributed by atoms with van der Waals surface area (Å²) in [5.74, 6) is -0.740. The van der Waals surface area contributed by atoms with Gasteiger partial charge in [-0.2, -0.15) is 5.10 Å².